The third kappa shape index (κ3) is 2.18. The number of aldehydes is 1. The number of rotatable bonds is 5. The van der Waals surface area contributed by atoms with Gasteiger partial charge in [-0.2, -0.15) is 0 Å². The Morgan fingerprint density at radius 1 is 1.07 bits per heavy atom. The molecule has 0 aromatic heterocycles. The van der Waals surface area contributed by atoms with Gasteiger partial charge in [-0.05, 0) is 62.7 Å². The molecule has 5 aliphatic carbocycles. The van der Waals surface area contributed by atoms with Crippen molar-refractivity contribution in [3.05, 3.63) is 0 Å². The van der Waals surface area contributed by atoms with E-state index in [0.29, 0.717) is 18.6 Å². The largest absolute Gasteiger partial charge is 0.359 e. The van der Waals surface area contributed by atoms with E-state index in [1.165, 1.54) is 25.5 Å². The third-order valence-electron chi connectivity index (χ3n) is 9.42. The quantitative estimate of drug-likeness (QED) is 0.541. The van der Waals surface area contributed by atoms with Crippen LogP contribution in [0.15, 0.2) is 0 Å². The Balaban J connectivity index is 1.62. The van der Waals surface area contributed by atoms with Gasteiger partial charge >= 0.3 is 0 Å². The van der Waals surface area contributed by atoms with Crippen molar-refractivity contribution in [3.8, 4) is 0 Å². The summed E-state index contributed by atoms with van der Waals surface area (Å²) in [7, 11) is 3.49. The van der Waals surface area contributed by atoms with Crippen LogP contribution in [-0.4, -0.2) is 45.8 Å². The van der Waals surface area contributed by atoms with Crippen LogP contribution in [0.2, 0.25) is 0 Å². The SMILES string of the molecule is COCO[C@@H]1CC2CC[C@]13C(C2)C12CCC[C@@](C)(C=O)[C@H]1C[C@@H]3OC2OC. The number of hydrogen-bond donors (Lipinski definition) is 0. The van der Waals surface area contributed by atoms with Crippen molar-refractivity contribution in [2.24, 2.45) is 34.0 Å². The Morgan fingerprint density at radius 3 is 2.67 bits per heavy atom. The van der Waals surface area contributed by atoms with Crippen molar-refractivity contribution < 1.29 is 23.7 Å². The summed E-state index contributed by atoms with van der Waals surface area (Å²) in [5, 5.41) is 0. The lowest BCUT2D eigenvalue weighted by Crippen LogP contribution is -2.77. The zero-order chi connectivity index (χ0) is 18.9. The Labute approximate surface area is 162 Å². The van der Waals surface area contributed by atoms with E-state index in [9.17, 15) is 4.79 Å². The molecule has 0 aromatic carbocycles. The summed E-state index contributed by atoms with van der Waals surface area (Å²) in [5.41, 5.74) is -0.233. The van der Waals surface area contributed by atoms with E-state index in [2.05, 4.69) is 6.92 Å². The zero-order valence-corrected chi connectivity index (χ0v) is 16.9. The monoisotopic (exact) mass is 378 g/mol. The number of methoxy groups -OCH3 is 2. The molecule has 2 heterocycles. The van der Waals surface area contributed by atoms with Gasteiger partial charge < -0.3 is 23.7 Å². The van der Waals surface area contributed by atoms with E-state index in [-0.39, 0.29) is 34.7 Å². The van der Waals surface area contributed by atoms with Crippen LogP contribution in [0, 0.1) is 34.0 Å². The van der Waals surface area contributed by atoms with Gasteiger partial charge in [0, 0.05) is 30.5 Å². The maximum atomic E-state index is 12.2. The maximum absolute atomic E-state index is 12.2. The second-order valence-corrected chi connectivity index (χ2v) is 10.2. The summed E-state index contributed by atoms with van der Waals surface area (Å²) in [4.78, 5) is 12.2. The molecule has 2 spiro atoms. The van der Waals surface area contributed by atoms with Gasteiger partial charge in [-0.1, -0.05) is 13.3 Å². The smallest absolute Gasteiger partial charge is 0.163 e. The van der Waals surface area contributed by atoms with Crippen molar-refractivity contribution >= 4 is 6.29 Å². The number of hydrogen-bond acceptors (Lipinski definition) is 5. The molecule has 2 saturated heterocycles. The average Bonchev–Trinajstić information content (AvgIpc) is 2.71. The van der Waals surface area contributed by atoms with Gasteiger partial charge in [0.15, 0.2) is 6.29 Å². The number of carbonyl (C=O) groups excluding carboxylic acids is 1. The first-order chi connectivity index (χ1) is 13.0. The molecule has 7 fully saturated rings. The molecule has 0 N–H and O–H groups in total. The Bertz CT molecular complexity index is 610. The average molecular weight is 379 g/mol. The molecule has 4 bridgehead atoms. The molecule has 7 rings (SSSR count). The lowest BCUT2D eigenvalue weighted by molar-refractivity contribution is -0.411. The summed E-state index contributed by atoms with van der Waals surface area (Å²) in [6.45, 7) is 2.54. The molecule has 5 saturated carbocycles. The normalized spacial score (nSPS) is 55.8. The summed E-state index contributed by atoms with van der Waals surface area (Å²) in [6, 6.07) is 0. The summed E-state index contributed by atoms with van der Waals surface area (Å²) in [5.74, 6) is 1.61. The molecular formula is C22H34O5. The highest BCUT2D eigenvalue weighted by atomic mass is 16.7. The van der Waals surface area contributed by atoms with Crippen LogP contribution in [0.1, 0.15) is 58.3 Å². The molecule has 7 aliphatic rings. The molecule has 4 unspecified atom stereocenters. The van der Waals surface area contributed by atoms with Crippen molar-refractivity contribution in [1.82, 2.24) is 0 Å². The fourth-order valence-corrected chi connectivity index (χ4v) is 8.50. The lowest BCUT2D eigenvalue weighted by atomic mass is 9.34. The number of ether oxygens (including phenoxy) is 4. The second kappa shape index (κ2) is 6.25. The molecule has 5 nitrogen and oxygen atoms in total. The third-order valence-corrected chi connectivity index (χ3v) is 9.42. The Kier molecular flexibility index (Phi) is 4.29. The van der Waals surface area contributed by atoms with Crippen LogP contribution < -0.4 is 0 Å². The van der Waals surface area contributed by atoms with Gasteiger partial charge in [0.05, 0.1) is 12.2 Å². The molecule has 0 amide bonds. The van der Waals surface area contributed by atoms with Crippen molar-refractivity contribution in [2.75, 3.05) is 21.0 Å². The standard InChI is InChI=1S/C22H34O5/c1-20(12-23)6-4-7-21-15(20)11-18(27-19(21)25-3)22-8-5-14(9-16(21)22)10-17(22)26-13-24-2/h12,14-19H,4-11,13H2,1-3H3/t14?,15-,16?,17-,18+,19?,20+,21?,22+/m1/s1. The van der Waals surface area contributed by atoms with E-state index in [1.54, 1.807) is 14.2 Å². The molecule has 0 radical (unpaired) electrons. The zero-order valence-electron chi connectivity index (χ0n) is 16.9. The van der Waals surface area contributed by atoms with E-state index >= 15 is 0 Å². The molecule has 5 heteroatoms. The topological polar surface area (TPSA) is 54.0 Å². The van der Waals surface area contributed by atoms with E-state index in [1.807, 2.05) is 0 Å². The summed E-state index contributed by atoms with van der Waals surface area (Å²) >= 11 is 0. The van der Waals surface area contributed by atoms with Crippen molar-refractivity contribution in [1.29, 1.82) is 0 Å². The molecule has 152 valence electrons. The van der Waals surface area contributed by atoms with Crippen LogP contribution in [0.3, 0.4) is 0 Å². The summed E-state index contributed by atoms with van der Waals surface area (Å²) in [6.07, 6.45) is 10.4. The van der Waals surface area contributed by atoms with Crippen molar-refractivity contribution in [3.63, 3.8) is 0 Å². The predicted molar refractivity (Wildman–Crippen MR) is 98.9 cm³/mol. The highest BCUT2D eigenvalue weighted by Gasteiger charge is 2.76. The van der Waals surface area contributed by atoms with Crippen LogP contribution in [0.4, 0.5) is 0 Å². The van der Waals surface area contributed by atoms with Gasteiger partial charge in [0.25, 0.3) is 0 Å². The fourth-order valence-electron chi connectivity index (χ4n) is 8.50. The fraction of sp³-hybridized carbons (Fsp3) is 0.955. The van der Waals surface area contributed by atoms with Gasteiger partial charge in [-0.25, -0.2) is 0 Å². The van der Waals surface area contributed by atoms with Gasteiger partial charge in [-0.3, -0.25) is 0 Å². The minimum Gasteiger partial charge on any atom is -0.359 e. The van der Waals surface area contributed by atoms with Crippen LogP contribution in [-0.2, 0) is 23.7 Å². The van der Waals surface area contributed by atoms with Crippen LogP contribution in [0.5, 0.6) is 0 Å². The van der Waals surface area contributed by atoms with Gasteiger partial charge in [-0.15, -0.1) is 0 Å². The van der Waals surface area contributed by atoms with E-state index < -0.39 is 0 Å². The van der Waals surface area contributed by atoms with Crippen LogP contribution in [0.25, 0.3) is 0 Å². The van der Waals surface area contributed by atoms with Gasteiger partial charge in [0.1, 0.15) is 13.1 Å². The maximum Gasteiger partial charge on any atom is 0.163 e. The molecule has 0 aromatic rings. The second-order valence-electron chi connectivity index (χ2n) is 10.2. The van der Waals surface area contributed by atoms with Crippen LogP contribution >= 0.6 is 0 Å². The number of carbonyl (C=O) groups is 1. The van der Waals surface area contributed by atoms with Crippen molar-refractivity contribution in [2.45, 2.75) is 76.8 Å². The summed E-state index contributed by atoms with van der Waals surface area (Å²) < 4.78 is 24.2. The lowest BCUT2D eigenvalue weighted by Gasteiger charge is -2.75. The Hall–Kier alpha value is -0.490. The highest BCUT2D eigenvalue weighted by molar-refractivity contribution is 5.60. The minimum atomic E-state index is -0.252. The molecule has 27 heavy (non-hydrogen) atoms. The first-order valence-electron chi connectivity index (χ1n) is 10.8. The molecule has 9 atom stereocenters. The Morgan fingerprint density at radius 2 is 1.93 bits per heavy atom. The minimum absolute atomic E-state index is 0.0504. The number of fused-ring (bicyclic) bond motifs is 3. The van der Waals surface area contributed by atoms with E-state index in [0.717, 1.165) is 38.0 Å². The van der Waals surface area contributed by atoms with Gasteiger partial charge in [0.2, 0.25) is 0 Å². The first-order valence-corrected chi connectivity index (χ1v) is 10.8. The molecular weight excluding hydrogens is 344 g/mol. The van der Waals surface area contributed by atoms with E-state index in [4.69, 9.17) is 18.9 Å². The first kappa shape index (κ1) is 18.5. The predicted octanol–water partition coefficient (Wildman–Crippen LogP) is 3.55. The highest BCUT2D eigenvalue weighted by Crippen LogP contribution is 2.76. The molecule has 2 aliphatic heterocycles.